The van der Waals surface area contributed by atoms with E-state index in [9.17, 15) is 4.79 Å². The number of aromatic nitrogens is 1. The van der Waals surface area contributed by atoms with E-state index in [4.69, 9.17) is 10.5 Å². The Kier molecular flexibility index (Phi) is 4.48. The van der Waals surface area contributed by atoms with Crippen LogP contribution in [0.1, 0.15) is 15.5 Å². The number of hydrogen-bond donors (Lipinski definition) is 2. The summed E-state index contributed by atoms with van der Waals surface area (Å²) in [6, 6.07) is 7.14. The van der Waals surface area contributed by atoms with Crippen molar-refractivity contribution in [2.45, 2.75) is 6.92 Å². The first kappa shape index (κ1) is 13.5. The van der Waals surface area contributed by atoms with Crippen molar-refractivity contribution in [3.05, 3.63) is 40.3 Å². The molecule has 0 spiro atoms. The Bertz CT molecular complexity index is 551. The molecule has 1 amide bonds. The summed E-state index contributed by atoms with van der Waals surface area (Å²) < 4.78 is 5.35. The molecule has 0 bridgehead atoms. The zero-order chi connectivity index (χ0) is 13.7. The molecule has 0 atom stereocenters. The lowest BCUT2D eigenvalue weighted by atomic mass is 10.3. The summed E-state index contributed by atoms with van der Waals surface area (Å²) in [7, 11) is 0. The number of nitrogens with two attached hydrogens (primary N) is 1. The molecule has 0 aliphatic rings. The number of aryl methyl sites for hydroxylation is 1. The fraction of sp³-hybridized carbons (Fsp3) is 0.231. The van der Waals surface area contributed by atoms with Gasteiger partial charge in [0, 0.05) is 17.6 Å². The van der Waals surface area contributed by atoms with Gasteiger partial charge in [-0.2, -0.15) is 0 Å². The SMILES string of the molecule is Cc1nc(C(=O)Nc2ccc(OCCN)cc2)cs1. The molecule has 5 nitrogen and oxygen atoms in total. The largest absolute Gasteiger partial charge is 0.492 e. The Hall–Kier alpha value is -1.92. The van der Waals surface area contributed by atoms with E-state index in [2.05, 4.69) is 10.3 Å². The fourth-order valence-electron chi connectivity index (χ4n) is 1.47. The predicted octanol–water partition coefficient (Wildman–Crippen LogP) is 2.04. The van der Waals surface area contributed by atoms with Gasteiger partial charge >= 0.3 is 0 Å². The van der Waals surface area contributed by atoms with E-state index < -0.39 is 0 Å². The number of hydrogen-bond acceptors (Lipinski definition) is 5. The van der Waals surface area contributed by atoms with E-state index in [1.807, 2.05) is 6.92 Å². The molecular formula is C13H15N3O2S. The molecule has 2 aromatic rings. The molecule has 100 valence electrons. The molecule has 1 heterocycles. The standard InChI is InChI=1S/C13H15N3O2S/c1-9-15-12(8-19-9)13(17)16-10-2-4-11(5-3-10)18-7-6-14/h2-5,8H,6-7,14H2,1H3,(H,16,17). The number of carbonyl (C=O) groups is 1. The summed E-state index contributed by atoms with van der Waals surface area (Å²) in [6.07, 6.45) is 0. The number of nitrogens with one attached hydrogen (secondary N) is 1. The number of amides is 1. The monoisotopic (exact) mass is 277 g/mol. The molecule has 0 saturated heterocycles. The normalized spacial score (nSPS) is 10.2. The second kappa shape index (κ2) is 6.31. The minimum absolute atomic E-state index is 0.208. The Morgan fingerprint density at radius 3 is 2.74 bits per heavy atom. The van der Waals surface area contributed by atoms with Crippen LogP contribution in [0.2, 0.25) is 0 Å². The van der Waals surface area contributed by atoms with E-state index >= 15 is 0 Å². The molecular weight excluding hydrogens is 262 g/mol. The van der Waals surface area contributed by atoms with E-state index in [0.29, 0.717) is 24.5 Å². The van der Waals surface area contributed by atoms with Gasteiger partial charge in [-0.3, -0.25) is 4.79 Å². The highest BCUT2D eigenvalue weighted by molar-refractivity contribution is 7.09. The van der Waals surface area contributed by atoms with E-state index in [-0.39, 0.29) is 5.91 Å². The highest BCUT2D eigenvalue weighted by Crippen LogP contribution is 2.17. The smallest absolute Gasteiger partial charge is 0.275 e. The van der Waals surface area contributed by atoms with Gasteiger partial charge in [-0.05, 0) is 31.2 Å². The van der Waals surface area contributed by atoms with Gasteiger partial charge in [0.1, 0.15) is 18.1 Å². The quantitative estimate of drug-likeness (QED) is 0.876. The third kappa shape index (κ3) is 3.77. The summed E-state index contributed by atoms with van der Waals surface area (Å²) in [6.45, 7) is 2.82. The first-order valence-corrected chi connectivity index (χ1v) is 6.73. The summed E-state index contributed by atoms with van der Waals surface area (Å²) in [5.74, 6) is 0.521. The Balaban J connectivity index is 1.97. The maximum Gasteiger partial charge on any atom is 0.275 e. The van der Waals surface area contributed by atoms with Crippen LogP contribution in [0.5, 0.6) is 5.75 Å². The summed E-state index contributed by atoms with van der Waals surface area (Å²) in [4.78, 5) is 16.0. The van der Waals surface area contributed by atoms with Crippen molar-refractivity contribution in [3.63, 3.8) is 0 Å². The lowest BCUT2D eigenvalue weighted by Crippen LogP contribution is -2.12. The van der Waals surface area contributed by atoms with Crippen LogP contribution in [-0.4, -0.2) is 24.0 Å². The number of thiazole rings is 1. The van der Waals surface area contributed by atoms with Crippen LogP contribution in [0.25, 0.3) is 0 Å². The molecule has 3 N–H and O–H groups in total. The minimum Gasteiger partial charge on any atom is -0.492 e. The molecule has 0 aliphatic heterocycles. The average molecular weight is 277 g/mol. The van der Waals surface area contributed by atoms with Gasteiger partial charge < -0.3 is 15.8 Å². The van der Waals surface area contributed by atoms with Crippen molar-refractivity contribution in [3.8, 4) is 5.75 Å². The maximum atomic E-state index is 11.9. The highest BCUT2D eigenvalue weighted by atomic mass is 32.1. The number of anilines is 1. The average Bonchev–Trinajstić information content (AvgIpc) is 2.85. The minimum atomic E-state index is -0.208. The summed E-state index contributed by atoms with van der Waals surface area (Å²) in [5, 5.41) is 5.39. The van der Waals surface area contributed by atoms with E-state index in [1.165, 1.54) is 11.3 Å². The molecule has 1 aromatic carbocycles. The van der Waals surface area contributed by atoms with Crippen LogP contribution in [-0.2, 0) is 0 Å². The van der Waals surface area contributed by atoms with Crippen molar-refractivity contribution < 1.29 is 9.53 Å². The molecule has 2 rings (SSSR count). The fourth-order valence-corrected chi connectivity index (χ4v) is 2.07. The van der Waals surface area contributed by atoms with Gasteiger partial charge in [0.15, 0.2) is 0 Å². The van der Waals surface area contributed by atoms with Gasteiger partial charge in [-0.15, -0.1) is 11.3 Å². The van der Waals surface area contributed by atoms with Crippen molar-refractivity contribution in [2.24, 2.45) is 5.73 Å². The van der Waals surface area contributed by atoms with Crippen LogP contribution in [0, 0.1) is 6.92 Å². The van der Waals surface area contributed by atoms with Crippen LogP contribution in [0.3, 0.4) is 0 Å². The number of carbonyl (C=O) groups excluding carboxylic acids is 1. The number of nitrogens with zero attached hydrogens (tertiary/aromatic N) is 1. The van der Waals surface area contributed by atoms with Gasteiger partial charge in [0.25, 0.3) is 5.91 Å². The molecule has 0 aliphatic carbocycles. The Morgan fingerprint density at radius 2 is 2.16 bits per heavy atom. The van der Waals surface area contributed by atoms with E-state index in [0.717, 1.165) is 10.8 Å². The third-order valence-electron chi connectivity index (χ3n) is 2.35. The van der Waals surface area contributed by atoms with Gasteiger partial charge in [-0.25, -0.2) is 4.98 Å². The lowest BCUT2D eigenvalue weighted by Gasteiger charge is -2.06. The van der Waals surface area contributed by atoms with Gasteiger partial charge in [0.2, 0.25) is 0 Å². The molecule has 0 saturated carbocycles. The van der Waals surface area contributed by atoms with E-state index in [1.54, 1.807) is 29.6 Å². The molecule has 19 heavy (non-hydrogen) atoms. The molecule has 6 heteroatoms. The first-order chi connectivity index (χ1) is 9.19. The second-order valence-corrected chi connectivity index (χ2v) is 4.93. The van der Waals surface area contributed by atoms with Crippen LogP contribution in [0.15, 0.2) is 29.6 Å². The van der Waals surface area contributed by atoms with Crippen LogP contribution in [0.4, 0.5) is 5.69 Å². The van der Waals surface area contributed by atoms with Gasteiger partial charge in [0.05, 0.1) is 5.01 Å². The Morgan fingerprint density at radius 1 is 1.42 bits per heavy atom. The van der Waals surface area contributed by atoms with Crippen molar-refractivity contribution in [1.82, 2.24) is 4.98 Å². The second-order valence-electron chi connectivity index (χ2n) is 3.87. The molecule has 0 fully saturated rings. The van der Waals surface area contributed by atoms with Crippen molar-refractivity contribution in [2.75, 3.05) is 18.5 Å². The molecule has 0 radical (unpaired) electrons. The maximum absolute atomic E-state index is 11.9. The van der Waals surface area contributed by atoms with Crippen molar-refractivity contribution in [1.29, 1.82) is 0 Å². The number of rotatable bonds is 5. The van der Waals surface area contributed by atoms with Crippen LogP contribution >= 0.6 is 11.3 Å². The lowest BCUT2D eigenvalue weighted by molar-refractivity contribution is 0.102. The van der Waals surface area contributed by atoms with Crippen molar-refractivity contribution >= 4 is 22.9 Å². The Labute approximate surface area is 115 Å². The summed E-state index contributed by atoms with van der Waals surface area (Å²) >= 11 is 1.45. The van der Waals surface area contributed by atoms with Crippen LogP contribution < -0.4 is 15.8 Å². The first-order valence-electron chi connectivity index (χ1n) is 5.85. The predicted molar refractivity (Wildman–Crippen MR) is 75.8 cm³/mol. The zero-order valence-corrected chi connectivity index (χ0v) is 11.4. The molecule has 0 unspecified atom stereocenters. The summed E-state index contributed by atoms with van der Waals surface area (Å²) in [5.41, 5.74) is 6.49. The van der Waals surface area contributed by atoms with Gasteiger partial charge in [-0.1, -0.05) is 0 Å². The number of ether oxygens (including phenoxy) is 1. The number of benzene rings is 1. The molecule has 1 aromatic heterocycles. The third-order valence-corrected chi connectivity index (χ3v) is 3.12. The topological polar surface area (TPSA) is 77.2 Å². The zero-order valence-electron chi connectivity index (χ0n) is 10.6. The highest BCUT2D eigenvalue weighted by Gasteiger charge is 2.09.